The lowest BCUT2D eigenvalue weighted by atomic mass is 10.4. The molecular weight excluding hydrogens is 168 g/mol. The lowest BCUT2D eigenvalue weighted by Gasteiger charge is -2.04. The molecule has 0 saturated carbocycles. The van der Waals surface area contributed by atoms with E-state index in [4.69, 9.17) is 9.90 Å². The van der Waals surface area contributed by atoms with Gasteiger partial charge in [-0.15, -0.1) is 0 Å². The first-order chi connectivity index (χ1) is 4.73. The van der Waals surface area contributed by atoms with Gasteiger partial charge in [-0.2, -0.15) is 0 Å². The van der Waals surface area contributed by atoms with Crippen molar-refractivity contribution in [1.82, 2.24) is 0 Å². The van der Waals surface area contributed by atoms with E-state index < -0.39 is 5.97 Å². The Bertz CT molecular complexity index is 76.2. The third-order valence-corrected chi connectivity index (χ3v) is 3.37. The van der Waals surface area contributed by atoms with Crippen molar-refractivity contribution in [2.24, 2.45) is 0 Å². The molecule has 0 aliphatic carbocycles. The van der Waals surface area contributed by atoms with Crippen molar-refractivity contribution in [3.05, 3.63) is 0 Å². The molecule has 0 aromatic carbocycles. The summed E-state index contributed by atoms with van der Waals surface area (Å²) in [5.41, 5.74) is 0. The summed E-state index contributed by atoms with van der Waals surface area (Å²) in [6, 6.07) is 0. The van der Waals surface area contributed by atoms with Crippen LogP contribution >= 0.6 is 21.6 Å². The highest BCUT2D eigenvalue weighted by molar-refractivity contribution is 8.76. The van der Waals surface area contributed by atoms with E-state index in [1.54, 1.807) is 0 Å². The van der Waals surface area contributed by atoms with E-state index in [0.717, 1.165) is 6.92 Å². The van der Waals surface area contributed by atoms with Crippen LogP contribution in [0.1, 0.15) is 19.8 Å². The number of hydrogen-bond donors (Lipinski definition) is 1. The molecule has 0 aromatic heterocycles. The number of hydrogen-bond acceptors (Lipinski definition) is 3. The lowest BCUT2D eigenvalue weighted by Crippen LogP contribution is -1.86. The maximum atomic E-state index is 9.00. The lowest BCUT2D eigenvalue weighted by molar-refractivity contribution is -0.134. The van der Waals surface area contributed by atoms with Crippen LogP contribution in [0.2, 0.25) is 0 Å². The van der Waals surface area contributed by atoms with Gasteiger partial charge in [-0.05, 0) is 12.8 Å². The summed E-state index contributed by atoms with van der Waals surface area (Å²) >= 11 is 0. The molecule has 0 bridgehead atoms. The van der Waals surface area contributed by atoms with Crippen LogP contribution in [0.15, 0.2) is 0 Å². The van der Waals surface area contributed by atoms with E-state index in [2.05, 4.69) is 0 Å². The smallest absolute Gasteiger partial charge is 0.300 e. The number of aliphatic carboxylic acids is 1. The summed E-state index contributed by atoms with van der Waals surface area (Å²) in [5.74, 6) is 1.93. The normalized spacial score (nSPS) is 16.9. The predicted molar refractivity (Wildman–Crippen MR) is 47.5 cm³/mol. The maximum absolute atomic E-state index is 9.00. The molecule has 0 aromatic rings. The molecule has 10 heavy (non-hydrogen) atoms. The van der Waals surface area contributed by atoms with Gasteiger partial charge < -0.3 is 5.11 Å². The van der Waals surface area contributed by atoms with Gasteiger partial charge in [0.05, 0.1) is 0 Å². The van der Waals surface area contributed by atoms with Crippen molar-refractivity contribution in [1.29, 1.82) is 0 Å². The van der Waals surface area contributed by atoms with E-state index in [-0.39, 0.29) is 0 Å². The predicted octanol–water partition coefficient (Wildman–Crippen LogP) is 2.25. The van der Waals surface area contributed by atoms with Gasteiger partial charge >= 0.3 is 0 Å². The molecule has 2 nitrogen and oxygen atoms in total. The number of carboxylic acids is 1. The van der Waals surface area contributed by atoms with Gasteiger partial charge in [0.25, 0.3) is 5.97 Å². The Labute approximate surface area is 69.2 Å². The molecule has 1 rings (SSSR count). The summed E-state index contributed by atoms with van der Waals surface area (Å²) in [5, 5.41) is 7.42. The second kappa shape index (κ2) is 7.28. The fraction of sp³-hybridized carbons (Fsp3) is 0.833. The maximum Gasteiger partial charge on any atom is 0.300 e. The molecule has 1 N–H and O–H groups in total. The molecule has 1 aliphatic heterocycles. The minimum Gasteiger partial charge on any atom is -0.481 e. The van der Waals surface area contributed by atoms with Crippen LogP contribution < -0.4 is 0 Å². The standard InChI is InChI=1S/C4H8S2.C2H4O2/c1-2-4-6-5-3-1;1-2(3)4/h1-4H2;1H3,(H,3,4). The molecule has 60 valence electrons. The van der Waals surface area contributed by atoms with E-state index in [1.807, 2.05) is 21.6 Å². The molecular formula is C6H12O2S2. The van der Waals surface area contributed by atoms with Crippen molar-refractivity contribution in [3.63, 3.8) is 0 Å². The Kier molecular flexibility index (Phi) is 7.40. The van der Waals surface area contributed by atoms with Crippen molar-refractivity contribution in [3.8, 4) is 0 Å². The van der Waals surface area contributed by atoms with E-state index in [1.165, 1.54) is 24.3 Å². The third kappa shape index (κ3) is 11.0. The average Bonchev–Trinajstić information content (AvgIpc) is 1.90. The number of carboxylic acid groups (broad SMARTS) is 1. The Hall–Kier alpha value is 0.170. The molecule has 0 radical (unpaired) electrons. The molecule has 0 atom stereocenters. The summed E-state index contributed by atoms with van der Waals surface area (Å²) in [6.07, 6.45) is 2.88. The molecule has 1 saturated heterocycles. The largest absolute Gasteiger partial charge is 0.481 e. The van der Waals surface area contributed by atoms with Gasteiger partial charge in [0.15, 0.2) is 0 Å². The average molecular weight is 180 g/mol. The monoisotopic (exact) mass is 180 g/mol. The first-order valence-corrected chi connectivity index (χ1v) is 5.66. The van der Waals surface area contributed by atoms with Crippen molar-refractivity contribution < 1.29 is 9.90 Å². The highest BCUT2D eigenvalue weighted by Gasteiger charge is 1.96. The minimum atomic E-state index is -0.833. The second-order valence-corrected chi connectivity index (χ2v) is 4.57. The number of carbonyl (C=O) groups is 1. The van der Waals surface area contributed by atoms with Gasteiger partial charge in [-0.3, -0.25) is 4.79 Å². The molecule has 0 amide bonds. The Morgan fingerprint density at radius 1 is 1.30 bits per heavy atom. The Morgan fingerprint density at radius 3 is 1.70 bits per heavy atom. The first-order valence-electron chi connectivity index (χ1n) is 3.17. The van der Waals surface area contributed by atoms with Crippen LogP contribution in [0.25, 0.3) is 0 Å². The van der Waals surface area contributed by atoms with Gasteiger partial charge in [-0.1, -0.05) is 21.6 Å². The van der Waals surface area contributed by atoms with Crippen molar-refractivity contribution >= 4 is 27.6 Å². The highest BCUT2D eigenvalue weighted by Crippen LogP contribution is 2.28. The van der Waals surface area contributed by atoms with Gasteiger partial charge in [0.2, 0.25) is 0 Å². The summed E-state index contributed by atoms with van der Waals surface area (Å²) < 4.78 is 0. The van der Waals surface area contributed by atoms with Crippen LogP contribution in [-0.2, 0) is 4.79 Å². The fourth-order valence-corrected chi connectivity index (χ4v) is 2.73. The quantitative estimate of drug-likeness (QED) is 0.580. The van der Waals surface area contributed by atoms with Gasteiger partial charge in [-0.25, -0.2) is 0 Å². The fourth-order valence-electron chi connectivity index (χ4n) is 0.440. The van der Waals surface area contributed by atoms with Crippen LogP contribution in [0.5, 0.6) is 0 Å². The van der Waals surface area contributed by atoms with E-state index in [9.17, 15) is 0 Å². The molecule has 0 unspecified atom stereocenters. The third-order valence-electron chi connectivity index (χ3n) is 0.789. The zero-order valence-corrected chi connectivity index (χ0v) is 7.63. The summed E-state index contributed by atoms with van der Waals surface area (Å²) in [6.45, 7) is 1.08. The molecule has 1 aliphatic rings. The Morgan fingerprint density at radius 2 is 1.60 bits per heavy atom. The van der Waals surface area contributed by atoms with Crippen LogP contribution in [-0.4, -0.2) is 22.6 Å². The molecule has 0 spiro atoms. The molecule has 4 heteroatoms. The zero-order chi connectivity index (χ0) is 7.82. The Balaban J connectivity index is 0.000000180. The van der Waals surface area contributed by atoms with Crippen LogP contribution in [0.3, 0.4) is 0 Å². The summed E-state index contributed by atoms with van der Waals surface area (Å²) in [7, 11) is 4.02. The van der Waals surface area contributed by atoms with E-state index >= 15 is 0 Å². The van der Waals surface area contributed by atoms with Crippen molar-refractivity contribution in [2.45, 2.75) is 19.8 Å². The topological polar surface area (TPSA) is 37.3 Å². The van der Waals surface area contributed by atoms with Crippen LogP contribution in [0, 0.1) is 0 Å². The summed E-state index contributed by atoms with van der Waals surface area (Å²) in [4.78, 5) is 9.00. The zero-order valence-electron chi connectivity index (χ0n) is 6.00. The minimum absolute atomic E-state index is 0.833. The van der Waals surface area contributed by atoms with Crippen LogP contribution in [0.4, 0.5) is 0 Å². The molecule has 1 fully saturated rings. The highest BCUT2D eigenvalue weighted by atomic mass is 33.1. The second-order valence-electron chi connectivity index (χ2n) is 1.87. The van der Waals surface area contributed by atoms with E-state index in [0.29, 0.717) is 0 Å². The number of rotatable bonds is 0. The molecule has 1 heterocycles. The SMILES string of the molecule is C1CCSSC1.CC(=O)O. The first kappa shape index (κ1) is 10.2. The van der Waals surface area contributed by atoms with Gasteiger partial charge in [0.1, 0.15) is 0 Å². The van der Waals surface area contributed by atoms with Gasteiger partial charge in [0, 0.05) is 18.4 Å². The van der Waals surface area contributed by atoms with Crippen molar-refractivity contribution in [2.75, 3.05) is 11.5 Å².